The topological polar surface area (TPSA) is 185 Å². The number of allylic oxidation sites excluding steroid dienone is 3. The van der Waals surface area contributed by atoms with Crippen molar-refractivity contribution >= 4 is 12.0 Å². The molecule has 2 heterocycles. The van der Waals surface area contributed by atoms with E-state index in [1.807, 2.05) is 26.8 Å². The van der Waals surface area contributed by atoms with Gasteiger partial charge in [-0.25, -0.2) is 4.79 Å². The number of aliphatic hydroxyl groups excluding tert-OH is 5. The summed E-state index contributed by atoms with van der Waals surface area (Å²) in [6.45, 7) is 6.89. The van der Waals surface area contributed by atoms with E-state index in [2.05, 4.69) is 6.08 Å². The van der Waals surface area contributed by atoms with Gasteiger partial charge in [0.25, 0.3) is 0 Å². The van der Waals surface area contributed by atoms with Crippen molar-refractivity contribution in [2.75, 3.05) is 13.2 Å². The number of hydrogen-bond donors (Lipinski definition) is 6. The molecule has 2 aliphatic heterocycles. The number of phenolic OH excluding ortho intramolecular Hbond substituents is 1. The van der Waals surface area contributed by atoms with Crippen molar-refractivity contribution in [2.24, 2.45) is 0 Å². The Morgan fingerprint density at radius 2 is 1.60 bits per heavy atom. The number of phenols is 1. The van der Waals surface area contributed by atoms with Crippen molar-refractivity contribution in [1.82, 2.24) is 0 Å². The standard InChI is InChI=1S/C31H44O12/c1-17(2)6-5-7-18(3)14-15-39-30-27(38)29(43-31-26(37)25(36)24(35)19(4)40-31)28(22(16-32)41-30)42-23(34)13-10-20-8-11-21(33)12-9-20/h6,8-14,19,22,24-33,35-38H,5,7,15-16H2,1-4H3/b13-10+,18-14+/t19-,22+,24-,25+,26+,27+,28+,29+,30+,31-/m0/s1. The number of hydrogen-bond acceptors (Lipinski definition) is 12. The van der Waals surface area contributed by atoms with Crippen LogP contribution in [0.3, 0.4) is 0 Å². The van der Waals surface area contributed by atoms with Crippen LogP contribution in [0.4, 0.5) is 0 Å². The van der Waals surface area contributed by atoms with E-state index in [0.29, 0.717) is 5.56 Å². The zero-order valence-corrected chi connectivity index (χ0v) is 24.9. The maximum atomic E-state index is 12.8. The highest BCUT2D eigenvalue weighted by atomic mass is 16.7. The predicted molar refractivity (Wildman–Crippen MR) is 154 cm³/mol. The number of carbonyl (C=O) groups is 1. The molecule has 2 aliphatic rings. The number of carbonyl (C=O) groups excluding carboxylic acids is 1. The first-order valence-electron chi connectivity index (χ1n) is 14.3. The van der Waals surface area contributed by atoms with Crippen LogP contribution in [0.1, 0.15) is 46.1 Å². The highest BCUT2D eigenvalue weighted by Gasteiger charge is 2.52. The summed E-state index contributed by atoms with van der Waals surface area (Å²) in [5.41, 5.74) is 2.87. The summed E-state index contributed by atoms with van der Waals surface area (Å²) >= 11 is 0. The Bertz CT molecular complexity index is 1110. The van der Waals surface area contributed by atoms with Crippen molar-refractivity contribution < 1.29 is 59.1 Å². The minimum absolute atomic E-state index is 0.0593. The van der Waals surface area contributed by atoms with E-state index in [0.717, 1.165) is 24.5 Å². The summed E-state index contributed by atoms with van der Waals surface area (Å²) in [7, 11) is 0. The molecule has 0 aliphatic carbocycles. The van der Waals surface area contributed by atoms with E-state index < -0.39 is 74.0 Å². The Morgan fingerprint density at radius 1 is 0.907 bits per heavy atom. The van der Waals surface area contributed by atoms with Crippen LogP contribution in [0.25, 0.3) is 6.08 Å². The highest BCUT2D eigenvalue weighted by Crippen LogP contribution is 2.31. The monoisotopic (exact) mass is 608 g/mol. The van der Waals surface area contributed by atoms with E-state index in [-0.39, 0.29) is 12.4 Å². The fourth-order valence-electron chi connectivity index (χ4n) is 4.66. The summed E-state index contributed by atoms with van der Waals surface area (Å²) in [6, 6.07) is 6.06. The van der Waals surface area contributed by atoms with Crippen molar-refractivity contribution in [2.45, 2.75) is 102 Å². The molecule has 3 rings (SSSR count). The number of rotatable bonds is 12. The molecule has 0 spiro atoms. The smallest absolute Gasteiger partial charge is 0.331 e. The average Bonchev–Trinajstić information content (AvgIpc) is 2.97. The molecular formula is C31H44O12. The Hall–Kier alpha value is -2.65. The third-order valence-electron chi connectivity index (χ3n) is 7.23. The zero-order chi connectivity index (χ0) is 31.7. The minimum atomic E-state index is -1.70. The first-order chi connectivity index (χ1) is 20.4. The molecular weight excluding hydrogens is 564 g/mol. The third-order valence-corrected chi connectivity index (χ3v) is 7.23. The van der Waals surface area contributed by atoms with Gasteiger partial charge in [0.1, 0.15) is 42.4 Å². The molecule has 10 atom stereocenters. The van der Waals surface area contributed by atoms with Gasteiger partial charge < -0.3 is 54.3 Å². The number of benzene rings is 1. The largest absolute Gasteiger partial charge is 0.508 e. The Kier molecular flexibility index (Phi) is 13.3. The predicted octanol–water partition coefficient (Wildman–Crippen LogP) is 1.32. The molecule has 43 heavy (non-hydrogen) atoms. The number of esters is 1. The molecule has 0 amide bonds. The quantitative estimate of drug-likeness (QED) is 0.114. The van der Waals surface area contributed by atoms with Gasteiger partial charge in [0.2, 0.25) is 0 Å². The summed E-state index contributed by atoms with van der Waals surface area (Å²) in [4.78, 5) is 12.8. The van der Waals surface area contributed by atoms with Crippen LogP contribution in [-0.4, -0.2) is 111 Å². The van der Waals surface area contributed by atoms with Gasteiger partial charge in [-0.05, 0) is 64.3 Å². The SMILES string of the molecule is CC(C)=CCC/C(C)=C/CO[C@@H]1O[C@H](CO)[C@@H](OC(=O)/C=C/c2ccc(O)cc2)[C@H](O[C@@H]2O[C@@H](C)[C@H](O)[C@@H](O)[C@H]2O)[C@H]1O. The zero-order valence-electron chi connectivity index (χ0n) is 24.9. The molecule has 0 bridgehead atoms. The van der Waals surface area contributed by atoms with Gasteiger partial charge in [-0.1, -0.05) is 35.4 Å². The van der Waals surface area contributed by atoms with Crippen LogP contribution in [-0.2, 0) is 28.5 Å². The van der Waals surface area contributed by atoms with Gasteiger partial charge >= 0.3 is 5.97 Å². The second-order valence-electron chi connectivity index (χ2n) is 11.0. The van der Waals surface area contributed by atoms with Crippen LogP contribution in [0, 0.1) is 0 Å². The van der Waals surface area contributed by atoms with Gasteiger partial charge in [0.05, 0.1) is 19.3 Å². The molecule has 1 aromatic rings. The molecule has 0 radical (unpaired) electrons. The fourth-order valence-corrected chi connectivity index (χ4v) is 4.66. The van der Waals surface area contributed by atoms with Crippen LogP contribution in [0.15, 0.2) is 53.6 Å². The number of aliphatic hydroxyl groups is 5. The summed E-state index contributed by atoms with van der Waals surface area (Å²) in [5.74, 6) is -0.798. The Balaban J connectivity index is 1.78. The van der Waals surface area contributed by atoms with Crippen LogP contribution < -0.4 is 0 Å². The maximum absolute atomic E-state index is 12.8. The normalized spacial score (nSPS) is 33.4. The minimum Gasteiger partial charge on any atom is -0.508 e. The van der Waals surface area contributed by atoms with Crippen molar-refractivity contribution in [3.8, 4) is 5.75 Å². The van der Waals surface area contributed by atoms with Crippen molar-refractivity contribution in [3.63, 3.8) is 0 Å². The lowest BCUT2D eigenvalue weighted by Crippen LogP contribution is -2.65. The number of ether oxygens (including phenoxy) is 5. The maximum Gasteiger partial charge on any atom is 0.331 e. The van der Waals surface area contributed by atoms with E-state index in [1.165, 1.54) is 30.7 Å². The lowest BCUT2D eigenvalue weighted by molar-refractivity contribution is -0.356. The summed E-state index contributed by atoms with van der Waals surface area (Å²) in [6.07, 6.45) is -5.92. The van der Waals surface area contributed by atoms with E-state index in [4.69, 9.17) is 23.7 Å². The third kappa shape index (κ3) is 9.93. The highest BCUT2D eigenvalue weighted by molar-refractivity contribution is 5.87. The van der Waals surface area contributed by atoms with E-state index in [9.17, 15) is 35.4 Å². The second-order valence-corrected chi connectivity index (χ2v) is 11.0. The van der Waals surface area contributed by atoms with Crippen molar-refractivity contribution in [3.05, 3.63) is 59.2 Å². The summed E-state index contributed by atoms with van der Waals surface area (Å²) < 4.78 is 28.5. The molecule has 6 N–H and O–H groups in total. The van der Waals surface area contributed by atoms with Gasteiger partial charge in [0.15, 0.2) is 18.7 Å². The van der Waals surface area contributed by atoms with E-state index in [1.54, 1.807) is 12.1 Å². The second kappa shape index (κ2) is 16.4. The molecule has 2 fully saturated rings. The first kappa shape index (κ1) is 34.8. The molecule has 12 heteroatoms. The van der Waals surface area contributed by atoms with Gasteiger partial charge in [-0.15, -0.1) is 0 Å². The summed E-state index contributed by atoms with van der Waals surface area (Å²) in [5, 5.41) is 61.7. The van der Waals surface area contributed by atoms with Crippen LogP contribution in [0.2, 0.25) is 0 Å². The first-order valence-corrected chi connectivity index (χ1v) is 14.3. The molecule has 0 aromatic heterocycles. The molecule has 0 unspecified atom stereocenters. The lowest BCUT2D eigenvalue weighted by Gasteiger charge is -2.46. The Labute approximate surface area is 251 Å². The molecule has 0 saturated carbocycles. The molecule has 12 nitrogen and oxygen atoms in total. The van der Waals surface area contributed by atoms with Crippen LogP contribution >= 0.6 is 0 Å². The molecule has 1 aromatic carbocycles. The molecule has 2 saturated heterocycles. The van der Waals surface area contributed by atoms with E-state index >= 15 is 0 Å². The fraction of sp³-hybridized carbons (Fsp3) is 0.581. The lowest BCUT2D eigenvalue weighted by atomic mass is 9.97. The average molecular weight is 609 g/mol. The van der Waals surface area contributed by atoms with Crippen molar-refractivity contribution in [1.29, 1.82) is 0 Å². The Morgan fingerprint density at radius 3 is 2.26 bits per heavy atom. The molecule has 240 valence electrons. The van der Waals surface area contributed by atoms with Gasteiger partial charge in [0, 0.05) is 6.08 Å². The van der Waals surface area contributed by atoms with Gasteiger partial charge in [-0.3, -0.25) is 0 Å². The van der Waals surface area contributed by atoms with Crippen LogP contribution in [0.5, 0.6) is 5.75 Å². The number of aromatic hydroxyl groups is 1. The van der Waals surface area contributed by atoms with Gasteiger partial charge in [-0.2, -0.15) is 0 Å².